The minimum Gasteiger partial charge on any atom is -0.395 e. The van der Waals surface area contributed by atoms with Crippen molar-refractivity contribution in [2.75, 3.05) is 31.2 Å². The van der Waals surface area contributed by atoms with Gasteiger partial charge in [0.1, 0.15) is 5.82 Å². The number of benzene rings is 1. The van der Waals surface area contributed by atoms with E-state index in [1.54, 1.807) is 21.6 Å². The van der Waals surface area contributed by atoms with Crippen LogP contribution < -0.4 is 16.1 Å². The third-order valence-electron chi connectivity index (χ3n) is 4.26. The van der Waals surface area contributed by atoms with Crippen LogP contribution in [0.2, 0.25) is 0 Å². The Morgan fingerprint density at radius 3 is 2.37 bits per heavy atom. The molecule has 3 aromatic rings. The Bertz CT molecular complexity index is 1050. The summed E-state index contributed by atoms with van der Waals surface area (Å²) in [7, 11) is 1.49. The van der Waals surface area contributed by atoms with Gasteiger partial charge in [0.2, 0.25) is 5.95 Å². The van der Waals surface area contributed by atoms with Crippen LogP contribution in [0.4, 0.5) is 10.3 Å². The molecule has 0 fully saturated rings. The topological polar surface area (TPSA) is 116 Å². The highest BCUT2D eigenvalue weighted by atomic mass is 19.1. The number of imidazole rings is 1. The summed E-state index contributed by atoms with van der Waals surface area (Å²) >= 11 is 0. The van der Waals surface area contributed by atoms with E-state index in [0.717, 1.165) is 5.56 Å². The second-order valence-corrected chi connectivity index (χ2v) is 6.05. The van der Waals surface area contributed by atoms with E-state index in [2.05, 4.69) is 9.97 Å². The number of hydrogen-bond donors (Lipinski definition) is 3. The van der Waals surface area contributed by atoms with Crippen LogP contribution in [0.15, 0.2) is 33.9 Å². The second-order valence-electron chi connectivity index (χ2n) is 6.05. The molecular weight excluding hydrogens is 357 g/mol. The number of anilines is 1. The number of rotatable bonds is 7. The molecule has 1 aromatic carbocycles. The van der Waals surface area contributed by atoms with Crippen molar-refractivity contribution >= 4 is 17.1 Å². The van der Waals surface area contributed by atoms with E-state index >= 15 is 0 Å². The van der Waals surface area contributed by atoms with E-state index in [1.807, 2.05) is 0 Å². The highest BCUT2D eigenvalue weighted by molar-refractivity contribution is 5.74. The van der Waals surface area contributed by atoms with Crippen molar-refractivity contribution in [2.24, 2.45) is 7.05 Å². The number of H-pyrrole nitrogens is 1. The number of hydrogen-bond acceptors (Lipinski definition) is 6. The van der Waals surface area contributed by atoms with Crippen molar-refractivity contribution < 1.29 is 14.6 Å². The number of halogens is 1. The van der Waals surface area contributed by atoms with Crippen LogP contribution in [-0.4, -0.2) is 55.6 Å². The monoisotopic (exact) mass is 377 g/mol. The van der Waals surface area contributed by atoms with Crippen LogP contribution in [0.3, 0.4) is 0 Å². The minimum atomic E-state index is -0.596. The summed E-state index contributed by atoms with van der Waals surface area (Å²) in [5.74, 6) is -0.0546. The molecule has 0 saturated heterocycles. The molecule has 2 aromatic heterocycles. The predicted molar refractivity (Wildman–Crippen MR) is 97.5 cm³/mol. The third kappa shape index (κ3) is 3.62. The van der Waals surface area contributed by atoms with Crippen LogP contribution in [0, 0.1) is 5.82 Å². The molecule has 144 valence electrons. The Hall–Kier alpha value is -2.98. The van der Waals surface area contributed by atoms with Gasteiger partial charge in [0.25, 0.3) is 5.56 Å². The van der Waals surface area contributed by atoms with Crippen molar-refractivity contribution in [3.8, 4) is 0 Å². The number of aromatic amines is 1. The van der Waals surface area contributed by atoms with Crippen LogP contribution >= 0.6 is 0 Å². The van der Waals surface area contributed by atoms with E-state index in [4.69, 9.17) is 0 Å². The van der Waals surface area contributed by atoms with Crippen LogP contribution in [0.5, 0.6) is 0 Å². The Morgan fingerprint density at radius 1 is 1.15 bits per heavy atom. The van der Waals surface area contributed by atoms with E-state index in [0.29, 0.717) is 5.95 Å². The number of fused-ring (bicyclic) bond motifs is 1. The first-order valence-corrected chi connectivity index (χ1v) is 8.37. The number of aromatic nitrogens is 4. The van der Waals surface area contributed by atoms with Gasteiger partial charge in [0.15, 0.2) is 11.2 Å². The number of aliphatic hydroxyl groups excluding tert-OH is 2. The summed E-state index contributed by atoms with van der Waals surface area (Å²) in [6.45, 7) is 0.184. The normalized spacial score (nSPS) is 11.3. The van der Waals surface area contributed by atoms with Gasteiger partial charge in [0.05, 0.1) is 19.8 Å². The van der Waals surface area contributed by atoms with Crippen molar-refractivity contribution in [3.05, 3.63) is 56.5 Å². The lowest BCUT2D eigenvalue weighted by molar-refractivity contribution is 0.279. The third-order valence-corrected chi connectivity index (χ3v) is 4.26. The molecule has 10 heteroatoms. The van der Waals surface area contributed by atoms with Gasteiger partial charge in [-0.05, 0) is 17.7 Å². The summed E-state index contributed by atoms with van der Waals surface area (Å²) in [4.78, 5) is 32.7. The lowest BCUT2D eigenvalue weighted by atomic mass is 10.2. The Kier molecular flexibility index (Phi) is 5.38. The van der Waals surface area contributed by atoms with Gasteiger partial charge in [-0.1, -0.05) is 12.1 Å². The van der Waals surface area contributed by atoms with E-state index in [-0.39, 0.29) is 49.8 Å². The summed E-state index contributed by atoms with van der Waals surface area (Å²) in [5.41, 5.74) is -0.111. The average Bonchev–Trinajstić information content (AvgIpc) is 3.01. The number of aryl methyl sites for hydroxylation is 1. The molecule has 3 rings (SSSR count). The molecule has 3 N–H and O–H groups in total. The molecule has 0 aliphatic rings. The molecule has 0 amide bonds. The zero-order valence-corrected chi connectivity index (χ0v) is 14.7. The molecule has 0 saturated carbocycles. The van der Waals surface area contributed by atoms with E-state index in [1.165, 1.54) is 23.7 Å². The van der Waals surface area contributed by atoms with E-state index in [9.17, 15) is 24.2 Å². The molecule has 0 atom stereocenters. The number of aliphatic hydroxyl groups is 2. The molecule has 0 radical (unpaired) electrons. The number of nitrogens with zero attached hydrogens (tertiary/aromatic N) is 4. The molecule has 0 unspecified atom stereocenters. The van der Waals surface area contributed by atoms with Gasteiger partial charge in [-0.25, -0.2) is 9.18 Å². The van der Waals surface area contributed by atoms with Gasteiger partial charge in [0, 0.05) is 20.1 Å². The predicted octanol–water partition coefficient (Wildman–Crippen LogP) is -0.598. The van der Waals surface area contributed by atoms with Crippen LogP contribution in [0.25, 0.3) is 11.2 Å². The fraction of sp³-hybridized carbons (Fsp3) is 0.353. The fourth-order valence-electron chi connectivity index (χ4n) is 2.94. The van der Waals surface area contributed by atoms with Gasteiger partial charge >= 0.3 is 5.69 Å². The molecule has 0 spiro atoms. The Labute approximate surface area is 152 Å². The Balaban J connectivity index is 2.24. The molecule has 27 heavy (non-hydrogen) atoms. The molecule has 0 aliphatic carbocycles. The first-order chi connectivity index (χ1) is 13.0. The number of nitrogens with one attached hydrogen (secondary N) is 1. The maximum Gasteiger partial charge on any atom is 0.329 e. The van der Waals surface area contributed by atoms with Crippen molar-refractivity contribution in [3.63, 3.8) is 0 Å². The fourth-order valence-corrected chi connectivity index (χ4v) is 2.94. The summed E-state index contributed by atoms with van der Waals surface area (Å²) in [6, 6.07) is 5.80. The maximum absolute atomic E-state index is 13.2. The smallest absolute Gasteiger partial charge is 0.329 e. The molecule has 2 heterocycles. The molecule has 0 bridgehead atoms. The quantitative estimate of drug-likeness (QED) is 0.506. The highest BCUT2D eigenvalue weighted by Crippen LogP contribution is 2.21. The second kappa shape index (κ2) is 7.72. The molecule has 9 nitrogen and oxygen atoms in total. The van der Waals surface area contributed by atoms with Gasteiger partial charge in [-0.2, -0.15) is 4.98 Å². The lowest BCUT2D eigenvalue weighted by Gasteiger charge is -2.22. The van der Waals surface area contributed by atoms with Gasteiger partial charge < -0.3 is 15.1 Å². The SMILES string of the molecule is Cn1c(=O)[nH]c(=O)c2c1nc(N(CCO)CCO)n2Cc1ccc(F)cc1. The zero-order valence-electron chi connectivity index (χ0n) is 14.7. The van der Waals surface area contributed by atoms with Crippen LogP contribution in [-0.2, 0) is 13.6 Å². The van der Waals surface area contributed by atoms with Gasteiger partial charge in [-0.15, -0.1) is 0 Å². The largest absolute Gasteiger partial charge is 0.395 e. The summed E-state index contributed by atoms with van der Waals surface area (Å²) in [5, 5.41) is 18.7. The average molecular weight is 377 g/mol. The Morgan fingerprint density at radius 2 is 1.78 bits per heavy atom. The first kappa shape index (κ1) is 18.8. The van der Waals surface area contributed by atoms with E-state index < -0.39 is 11.2 Å². The zero-order chi connectivity index (χ0) is 19.6. The van der Waals surface area contributed by atoms with Crippen LogP contribution in [0.1, 0.15) is 5.56 Å². The van der Waals surface area contributed by atoms with Gasteiger partial charge in [-0.3, -0.25) is 18.9 Å². The van der Waals surface area contributed by atoms with Crippen molar-refractivity contribution in [1.82, 2.24) is 19.1 Å². The maximum atomic E-state index is 13.2. The van der Waals surface area contributed by atoms with Crippen molar-refractivity contribution in [2.45, 2.75) is 6.54 Å². The highest BCUT2D eigenvalue weighted by Gasteiger charge is 2.21. The standard InChI is InChI=1S/C17H20FN5O4/c1-21-14-13(15(26)20-17(21)27)23(10-11-2-4-12(18)5-3-11)16(19-14)22(6-8-24)7-9-25/h2-5,24-25H,6-10H2,1H3,(H,20,26,27). The molecular formula is C17H20FN5O4. The molecule has 0 aliphatic heterocycles. The first-order valence-electron chi connectivity index (χ1n) is 8.37. The van der Waals surface area contributed by atoms with Crippen molar-refractivity contribution in [1.29, 1.82) is 0 Å². The lowest BCUT2D eigenvalue weighted by Crippen LogP contribution is -2.32. The summed E-state index contributed by atoms with van der Waals surface area (Å²) in [6.07, 6.45) is 0. The minimum absolute atomic E-state index is 0.178. The summed E-state index contributed by atoms with van der Waals surface area (Å²) < 4.78 is 16.0.